The maximum atomic E-state index is 11.5. The quantitative estimate of drug-likeness (QED) is 0.763. The maximum absolute atomic E-state index is 11.5. The number of urea groups is 1. The fourth-order valence-corrected chi connectivity index (χ4v) is 1.56. The van der Waals surface area contributed by atoms with Gasteiger partial charge in [0.1, 0.15) is 0 Å². The highest BCUT2D eigenvalue weighted by atomic mass is 16.2. The van der Waals surface area contributed by atoms with Crippen LogP contribution < -0.4 is 16.0 Å². The summed E-state index contributed by atoms with van der Waals surface area (Å²) in [5.41, 5.74) is 1.46. The second-order valence-corrected chi connectivity index (χ2v) is 4.33. The molecule has 3 amide bonds. The van der Waals surface area contributed by atoms with Gasteiger partial charge < -0.3 is 16.0 Å². The molecule has 3 N–H and O–H groups in total. The van der Waals surface area contributed by atoms with Crippen LogP contribution in [0, 0.1) is 5.92 Å². The summed E-state index contributed by atoms with van der Waals surface area (Å²) in [6.07, 6.45) is 1.98. The fourth-order valence-electron chi connectivity index (χ4n) is 1.56. The minimum atomic E-state index is -0.229. The average molecular weight is 247 g/mol. The van der Waals surface area contributed by atoms with Gasteiger partial charge in [0.05, 0.1) is 0 Å². The summed E-state index contributed by atoms with van der Waals surface area (Å²) in [5, 5.41) is 8.18. The number of hydrogen-bond acceptors (Lipinski definition) is 2. The van der Waals surface area contributed by atoms with Crippen molar-refractivity contribution < 1.29 is 9.59 Å². The number of carbonyl (C=O) groups excluding carboxylic acids is 2. The Kier molecular flexibility index (Phi) is 3.82. The first kappa shape index (κ1) is 12.4. The Hall–Kier alpha value is -2.04. The Labute approximate surface area is 106 Å². The van der Waals surface area contributed by atoms with Gasteiger partial charge in [-0.25, -0.2) is 4.79 Å². The Morgan fingerprint density at radius 3 is 2.17 bits per heavy atom. The molecule has 0 radical (unpaired) electrons. The molecule has 1 aliphatic rings. The molecule has 2 rings (SSSR count). The van der Waals surface area contributed by atoms with Gasteiger partial charge in [-0.3, -0.25) is 4.79 Å². The van der Waals surface area contributed by atoms with Crippen LogP contribution in [0.25, 0.3) is 0 Å². The van der Waals surface area contributed by atoms with Crippen molar-refractivity contribution in [1.29, 1.82) is 0 Å². The number of nitrogens with one attached hydrogen (secondary N) is 3. The van der Waals surface area contributed by atoms with Gasteiger partial charge in [-0.05, 0) is 44.0 Å². The molecule has 1 aromatic carbocycles. The van der Waals surface area contributed by atoms with Gasteiger partial charge in [0, 0.05) is 23.8 Å². The highest BCUT2D eigenvalue weighted by molar-refractivity contribution is 5.94. The average Bonchev–Trinajstić information content (AvgIpc) is 3.16. The van der Waals surface area contributed by atoms with Crippen molar-refractivity contribution in [2.75, 3.05) is 17.2 Å². The Bertz CT molecular complexity index is 438. The van der Waals surface area contributed by atoms with E-state index in [1.165, 1.54) is 0 Å². The summed E-state index contributed by atoms with van der Waals surface area (Å²) in [6.45, 7) is 2.44. The topological polar surface area (TPSA) is 70.2 Å². The number of hydrogen-bond donors (Lipinski definition) is 3. The molecule has 5 nitrogen and oxygen atoms in total. The minimum Gasteiger partial charge on any atom is -0.338 e. The SMILES string of the molecule is CCNC(=O)Nc1ccc(NC(=O)C2CC2)cc1. The van der Waals surface area contributed by atoms with Crippen molar-refractivity contribution in [3.8, 4) is 0 Å². The number of rotatable bonds is 4. The normalized spacial score (nSPS) is 13.8. The van der Waals surface area contributed by atoms with E-state index in [4.69, 9.17) is 0 Å². The molecule has 0 aliphatic heterocycles. The van der Waals surface area contributed by atoms with Crippen molar-refractivity contribution >= 4 is 23.3 Å². The molecular weight excluding hydrogens is 230 g/mol. The number of benzene rings is 1. The highest BCUT2D eigenvalue weighted by Gasteiger charge is 2.29. The molecule has 1 saturated carbocycles. The first-order chi connectivity index (χ1) is 8.69. The fraction of sp³-hybridized carbons (Fsp3) is 0.385. The van der Waals surface area contributed by atoms with Crippen LogP contribution in [0.15, 0.2) is 24.3 Å². The Morgan fingerprint density at radius 2 is 1.67 bits per heavy atom. The van der Waals surface area contributed by atoms with Crippen LogP contribution in [0.5, 0.6) is 0 Å². The molecule has 96 valence electrons. The molecule has 0 spiro atoms. The van der Waals surface area contributed by atoms with E-state index in [-0.39, 0.29) is 17.9 Å². The van der Waals surface area contributed by atoms with E-state index < -0.39 is 0 Å². The third kappa shape index (κ3) is 3.48. The minimum absolute atomic E-state index is 0.0828. The largest absolute Gasteiger partial charge is 0.338 e. The van der Waals surface area contributed by atoms with Gasteiger partial charge in [-0.1, -0.05) is 0 Å². The first-order valence-electron chi connectivity index (χ1n) is 6.15. The van der Waals surface area contributed by atoms with Gasteiger partial charge in [0.25, 0.3) is 0 Å². The summed E-state index contributed by atoms with van der Waals surface area (Å²) in [5.74, 6) is 0.276. The van der Waals surface area contributed by atoms with Crippen molar-refractivity contribution in [3.63, 3.8) is 0 Å². The predicted octanol–water partition coefficient (Wildman–Crippen LogP) is 2.18. The van der Waals surface area contributed by atoms with E-state index in [0.717, 1.165) is 18.5 Å². The molecule has 1 aromatic rings. The smallest absolute Gasteiger partial charge is 0.319 e. The van der Waals surface area contributed by atoms with Crippen LogP contribution in [0.3, 0.4) is 0 Å². The number of anilines is 2. The van der Waals surface area contributed by atoms with Crippen LogP contribution in [0.4, 0.5) is 16.2 Å². The van der Waals surface area contributed by atoms with Gasteiger partial charge in [-0.2, -0.15) is 0 Å². The van der Waals surface area contributed by atoms with Crippen LogP contribution in [0.2, 0.25) is 0 Å². The van der Waals surface area contributed by atoms with Crippen LogP contribution >= 0.6 is 0 Å². The summed E-state index contributed by atoms with van der Waals surface area (Å²) >= 11 is 0. The lowest BCUT2D eigenvalue weighted by Gasteiger charge is -2.07. The molecule has 0 saturated heterocycles. The molecule has 5 heteroatoms. The van der Waals surface area contributed by atoms with Crippen LogP contribution in [0.1, 0.15) is 19.8 Å². The zero-order valence-corrected chi connectivity index (χ0v) is 10.3. The van der Waals surface area contributed by atoms with E-state index in [1.807, 2.05) is 6.92 Å². The van der Waals surface area contributed by atoms with E-state index in [2.05, 4.69) is 16.0 Å². The predicted molar refractivity (Wildman–Crippen MR) is 70.5 cm³/mol. The lowest BCUT2D eigenvalue weighted by molar-refractivity contribution is -0.117. The molecule has 18 heavy (non-hydrogen) atoms. The second-order valence-electron chi connectivity index (χ2n) is 4.33. The van der Waals surface area contributed by atoms with E-state index in [1.54, 1.807) is 24.3 Å². The first-order valence-corrected chi connectivity index (χ1v) is 6.15. The zero-order chi connectivity index (χ0) is 13.0. The van der Waals surface area contributed by atoms with Crippen LogP contribution in [-0.2, 0) is 4.79 Å². The Morgan fingerprint density at radius 1 is 1.11 bits per heavy atom. The van der Waals surface area contributed by atoms with Gasteiger partial charge in [0.2, 0.25) is 5.91 Å². The molecule has 0 bridgehead atoms. The molecule has 0 aromatic heterocycles. The van der Waals surface area contributed by atoms with Crippen molar-refractivity contribution in [2.24, 2.45) is 5.92 Å². The third-order valence-corrected chi connectivity index (χ3v) is 2.70. The lowest BCUT2D eigenvalue weighted by Crippen LogP contribution is -2.28. The summed E-state index contributed by atoms with van der Waals surface area (Å²) in [4.78, 5) is 22.8. The van der Waals surface area contributed by atoms with E-state index in [0.29, 0.717) is 12.2 Å². The van der Waals surface area contributed by atoms with E-state index in [9.17, 15) is 9.59 Å². The molecule has 0 heterocycles. The van der Waals surface area contributed by atoms with Crippen molar-refractivity contribution in [1.82, 2.24) is 5.32 Å². The Balaban J connectivity index is 1.88. The molecule has 0 unspecified atom stereocenters. The highest BCUT2D eigenvalue weighted by Crippen LogP contribution is 2.30. The molecule has 1 aliphatic carbocycles. The van der Waals surface area contributed by atoms with Crippen molar-refractivity contribution in [2.45, 2.75) is 19.8 Å². The maximum Gasteiger partial charge on any atom is 0.319 e. The summed E-state index contributed by atoms with van der Waals surface area (Å²) in [6, 6.07) is 6.85. The summed E-state index contributed by atoms with van der Waals surface area (Å²) in [7, 11) is 0. The van der Waals surface area contributed by atoms with Gasteiger partial charge >= 0.3 is 6.03 Å². The monoisotopic (exact) mass is 247 g/mol. The van der Waals surface area contributed by atoms with Gasteiger partial charge in [0.15, 0.2) is 0 Å². The second kappa shape index (κ2) is 5.53. The number of carbonyl (C=O) groups is 2. The molecular formula is C13H17N3O2. The number of amides is 3. The lowest BCUT2D eigenvalue weighted by atomic mass is 10.2. The molecule has 1 fully saturated rings. The van der Waals surface area contributed by atoms with Gasteiger partial charge in [-0.15, -0.1) is 0 Å². The standard InChI is InChI=1S/C13H17N3O2/c1-2-14-13(18)16-11-7-5-10(6-8-11)15-12(17)9-3-4-9/h5-9H,2-4H2,1H3,(H,15,17)(H2,14,16,18). The van der Waals surface area contributed by atoms with Crippen LogP contribution in [-0.4, -0.2) is 18.5 Å². The third-order valence-electron chi connectivity index (χ3n) is 2.70. The zero-order valence-electron chi connectivity index (χ0n) is 10.3. The molecule has 0 atom stereocenters. The van der Waals surface area contributed by atoms with E-state index >= 15 is 0 Å². The van der Waals surface area contributed by atoms with Crippen molar-refractivity contribution in [3.05, 3.63) is 24.3 Å². The summed E-state index contributed by atoms with van der Waals surface area (Å²) < 4.78 is 0.